The molecule has 2 saturated heterocycles. The summed E-state index contributed by atoms with van der Waals surface area (Å²) in [6.07, 6.45) is 6.42. The maximum atomic E-state index is 10.6. The number of aliphatic carboxylic acids is 1. The monoisotopic (exact) mass is 378 g/mol. The molecule has 0 spiro atoms. The second-order valence-electron chi connectivity index (χ2n) is 7.37. The second kappa shape index (κ2) is 10.3. The number of hydrogen-bond donors (Lipinski definition) is 1. The highest BCUT2D eigenvalue weighted by atomic mass is 32.2. The Kier molecular flexibility index (Phi) is 7.84. The number of ether oxygens (including phenoxy) is 2. The van der Waals surface area contributed by atoms with Crippen LogP contribution >= 0.6 is 11.8 Å². The van der Waals surface area contributed by atoms with Crippen molar-refractivity contribution in [1.29, 1.82) is 0 Å². The SMILES string of the molecule is O=C(O)CCCCSCC1C2CCC(O2)C1CCOCc1ccccc1. The van der Waals surface area contributed by atoms with Crippen LogP contribution < -0.4 is 0 Å². The van der Waals surface area contributed by atoms with Crippen LogP contribution in [0.4, 0.5) is 0 Å². The van der Waals surface area contributed by atoms with Crippen molar-refractivity contribution in [3.05, 3.63) is 35.9 Å². The van der Waals surface area contributed by atoms with Crippen molar-refractivity contribution in [3.63, 3.8) is 0 Å². The molecule has 0 radical (unpaired) electrons. The Balaban J connectivity index is 1.34. The van der Waals surface area contributed by atoms with E-state index >= 15 is 0 Å². The zero-order chi connectivity index (χ0) is 18.2. The molecule has 2 bridgehead atoms. The van der Waals surface area contributed by atoms with E-state index in [-0.39, 0.29) is 0 Å². The highest BCUT2D eigenvalue weighted by molar-refractivity contribution is 7.99. The van der Waals surface area contributed by atoms with Crippen molar-refractivity contribution in [2.75, 3.05) is 18.1 Å². The Labute approximate surface area is 160 Å². The van der Waals surface area contributed by atoms with Gasteiger partial charge < -0.3 is 14.6 Å². The van der Waals surface area contributed by atoms with E-state index in [9.17, 15) is 4.79 Å². The first-order valence-corrected chi connectivity index (χ1v) is 11.0. The molecular formula is C21H30O4S. The summed E-state index contributed by atoms with van der Waals surface area (Å²) in [4.78, 5) is 10.6. The first kappa shape index (κ1) is 19.7. The lowest BCUT2D eigenvalue weighted by Gasteiger charge is -2.27. The average molecular weight is 379 g/mol. The van der Waals surface area contributed by atoms with Gasteiger partial charge in [-0.3, -0.25) is 4.79 Å². The molecule has 5 heteroatoms. The van der Waals surface area contributed by atoms with E-state index in [1.165, 1.54) is 18.4 Å². The van der Waals surface area contributed by atoms with Crippen molar-refractivity contribution in [1.82, 2.24) is 0 Å². The molecule has 1 N–H and O–H groups in total. The number of carboxylic acid groups (broad SMARTS) is 1. The largest absolute Gasteiger partial charge is 0.481 e. The molecule has 1 aromatic carbocycles. The predicted molar refractivity (Wildman–Crippen MR) is 104 cm³/mol. The summed E-state index contributed by atoms with van der Waals surface area (Å²) < 4.78 is 12.1. The van der Waals surface area contributed by atoms with Crippen molar-refractivity contribution in [2.45, 2.75) is 57.3 Å². The van der Waals surface area contributed by atoms with E-state index < -0.39 is 5.97 Å². The van der Waals surface area contributed by atoms with Crippen LogP contribution in [0.15, 0.2) is 30.3 Å². The van der Waals surface area contributed by atoms with E-state index in [0.717, 1.165) is 37.4 Å². The van der Waals surface area contributed by atoms with Gasteiger partial charge in [-0.25, -0.2) is 0 Å². The summed E-state index contributed by atoms with van der Waals surface area (Å²) in [7, 11) is 0. The Bertz CT molecular complexity index is 550. The van der Waals surface area contributed by atoms with Crippen LogP contribution in [-0.2, 0) is 20.9 Å². The van der Waals surface area contributed by atoms with Crippen molar-refractivity contribution in [3.8, 4) is 0 Å². The van der Waals surface area contributed by atoms with Crippen molar-refractivity contribution >= 4 is 17.7 Å². The second-order valence-corrected chi connectivity index (χ2v) is 8.52. The maximum absolute atomic E-state index is 10.6. The van der Waals surface area contributed by atoms with Crippen LogP contribution in [0.5, 0.6) is 0 Å². The van der Waals surface area contributed by atoms with Gasteiger partial charge in [0.2, 0.25) is 0 Å². The van der Waals surface area contributed by atoms with Crippen LogP contribution in [0.25, 0.3) is 0 Å². The van der Waals surface area contributed by atoms with Gasteiger partial charge in [-0.2, -0.15) is 11.8 Å². The lowest BCUT2D eigenvalue weighted by molar-refractivity contribution is -0.137. The van der Waals surface area contributed by atoms with Gasteiger partial charge >= 0.3 is 5.97 Å². The highest BCUT2D eigenvalue weighted by Crippen LogP contribution is 2.46. The minimum atomic E-state index is -0.688. The van der Waals surface area contributed by atoms with E-state index in [1.54, 1.807) is 0 Å². The number of thioether (sulfide) groups is 1. The van der Waals surface area contributed by atoms with E-state index in [1.807, 2.05) is 30.0 Å². The smallest absolute Gasteiger partial charge is 0.303 e. The topological polar surface area (TPSA) is 55.8 Å². The summed E-state index contributed by atoms with van der Waals surface area (Å²) in [5.74, 6) is 2.76. The van der Waals surface area contributed by atoms with E-state index in [2.05, 4.69) is 12.1 Å². The summed E-state index contributed by atoms with van der Waals surface area (Å²) in [5.41, 5.74) is 1.23. The normalized spacial score (nSPS) is 27.1. The Morgan fingerprint density at radius 3 is 2.69 bits per heavy atom. The molecule has 3 rings (SSSR count). The van der Waals surface area contributed by atoms with Gasteiger partial charge in [0, 0.05) is 13.0 Å². The molecule has 0 aromatic heterocycles. The molecule has 2 heterocycles. The first-order valence-electron chi connectivity index (χ1n) is 9.80. The van der Waals surface area contributed by atoms with Gasteiger partial charge in [0.25, 0.3) is 0 Å². The van der Waals surface area contributed by atoms with Gasteiger partial charge in [-0.1, -0.05) is 30.3 Å². The zero-order valence-electron chi connectivity index (χ0n) is 15.3. The Hall–Kier alpha value is -1.04. The van der Waals surface area contributed by atoms with Crippen molar-refractivity contribution < 1.29 is 19.4 Å². The number of carbonyl (C=O) groups is 1. The standard InChI is InChI=1S/C21H30O4S/c22-21(23)8-4-5-13-26-15-18-17(19-9-10-20(18)25-19)11-12-24-14-16-6-2-1-3-7-16/h1-3,6-7,17-20H,4-5,8-15H2,(H,22,23). The molecule has 1 aromatic rings. The molecule has 0 aliphatic carbocycles. The van der Waals surface area contributed by atoms with Crippen LogP contribution in [0.1, 0.15) is 44.1 Å². The third-order valence-corrected chi connectivity index (χ3v) is 6.73. The van der Waals surface area contributed by atoms with Crippen molar-refractivity contribution in [2.24, 2.45) is 11.8 Å². The van der Waals surface area contributed by atoms with Crippen LogP contribution in [-0.4, -0.2) is 41.4 Å². The summed E-state index contributed by atoms with van der Waals surface area (Å²) in [6, 6.07) is 10.3. The zero-order valence-corrected chi connectivity index (χ0v) is 16.2. The van der Waals surface area contributed by atoms with E-state index in [0.29, 0.717) is 37.1 Å². The number of fused-ring (bicyclic) bond motifs is 2. The lowest BCUT2D eigenvalue weighted by Crippen LogP contribution is -2.30. The third kappa shape index (κ3) is 5.73. The number of benzene rings is 1. The van der Waals surface area contributed by atoms with Crippen LogP contribution in [0, 0.1) is 11.8 Å². The number of unbranched alkanes of at least 4 members (excludes halogenated alkanes) is 1. The summed E-state index contributed by atoms with van der Waals surface area (Å²) in [6.45, 7) is 1.48. The number of hydrogen-bond acceptors (Lipinski definition) is 4. The van der Waals surface area contributed by atoms with Gasteiger partial charge in [-0.15, -0.1) is 0 Å². The molecular weight excluding hydrogens is 348 g/mol. The van der Waals surface area contributed by atoms with Gasteiger partial charge in [0.15, 0.2) is 0 Å². The third-order valence-electron chi connectivity index (χ3n) is 5.54. The fraction of sp³-hybridized carbons (Fsp3) is 0.667. The Morgan fingerprint density at radius 1 is 1.15 bits per heavy atom. The lowest BCUT2D eigenvalue weighted by atomic mass is 9.79. The molecule has 4 unspecified atom stereocenters. The van der Waals surface area contributed by atoms with E-state index in [4.69, 9.17) is 14.6 Å². The van der Waals surface area contributed by atoms with Gasteiger partial charge in [-0.05, 0) is 61.0 Å². The molecule has 4 nitrogen and oxygen atoms in total. The van der Waals surface area contributed by atoms with Gasteiger partial charge in [0.05, 0.1) is 18.8 Å². The summed E-state index contributed by atoms with van der Waals surface area (Å²) >= 11 is 1.97. The molecule has 0 amide bonds. The molecule has 0 saturated carbocycles. The number of carboxylic acids is 1. The van der Waals surface area contributed by atoms with Crippen LogP contribution in [0.3, 0.4) is 0 Å². The molecule has 2 aliphatic rings. The quantitative estimate of drug-likeness (QED) is 0.547. The molecule has 144 valence electrons. The molecule has 2 fully saturated rings. The highest BCUT2D eigenvalue weighted by Gasteiger charge is 2.47. The minimum absolute atomic E-state index is 0.291. The minimum Gasteiger partial charge on any atom is -0.481 e. The fourth-order valence-corrected chi connectivity index (χ4v) is 5.49. The Morgan fingerprint density at radius 2 is 1.92 bits per heavy atom. The molecule has 26 heavy (non-hydrogen) atoms. The molecule has 2 aliphatic heterocycles. The summed E-state index contributed by atoms with van der Waals surface area (Å²) in [5, 5.41) is 8.69. The van der Waals surface area contributed by atoms with Gasteiger partial charge in [0.1, 0.15) is 0 Å². The maximum Gasteiger partial charge on any atom is 0.303 e. The predicted octanol–water partition coefficient (Wildman–Crippen LogP) is 4.38. The van der Waals surface area contributed by atoms with Crippen LogP contribution in [0.2, 0.25) is 0 Å². The first-order chi connectivity index (χ1) is 12.7. The number of rotatable bonds is 12. The fourth-order valence-electron chi connectivity index (χ4n) is 4.18. The molecule has 4 atom stereocenters. The average Bonchev–Trinajstić information content (AvgIpc) is 3.24.